The molecule has 4 heteroatoms. The van der Waals surface area contributed by atoms with Crippen LogP contribution in [-0.2, 0) is 11.2 Å². The third kappa shape index (κ3) is 3.06. The second kappa shape index (κ2) is 4.55. The van der Waals surface area contributed by atoms with Gasteiger partial charge in [-0.1, -0.05) is 0 Å². The monoisotopic (exact) mass is 223 g/mol. The molecule has 0 saturated carbocycles. The summed E-state index contributed by atoms with van der Waals surface area (Å²) in [5.74, 6) is 1.57. The molecule has 1 saturated heterocycles. The highest BCUT2D eigenvalue weighted by atomic mass is 16.5. The van der Waals surface area contributed by atoms with Crippen molar-refractivity contribution in [2.75, 3.05) is 13.2 Å². The first kappa shape index (κ1) is 11.6. The third-order valence-corrected chi connectivity index (χ3v) is 2.93. The molecular formula is C12H21N3O. The largest absolute Gasteiger partial charge is 0.381 e. The molecule has 2 rings (SSSR count). The second-order valence-corrected chi connectivity index (χ2v) is 5.34. The number of aromatic nitrogens is 2. The number of nitrogens with one attached hydrogen (secondary N) is 1. The highest BCUT2D eigenvalue weighted by Gasteiger charge is 2.19. The molecule has 0 radical (unpaired) electrons. The number of H-pyrrole nitrogens is 1. The first-order valence-corrected chi connectivity index (χ1v) is 5.95. The Bertz CT molecular complexity index is 334. The van der Waals surface area contributed by atoms with Crippen LogP contribution in [0.4, 0.5) is 0 Å². The number of nitrogens with zero attached hydrogens (tertiary/aromatic N) is 1. The number of rotatable bonds is 3. The first-order valence-electron chi connectivity index (χ1n) is 5.95. The van der Waals surface area contributed by atoms with Crippen molar-refractivity contribution in [1.82, 2.24) is 9.97 Å². The third-order valence-electron chi connectivity index (χ3n) is 2.93. The topological polar surface area (TPSA) is 63.9 Å². The minimum atomic E-state index is -0.204. The van der Waals surface area contributed by atoms with Gasteiger partial charge in [-0.3, -0.25) is 0 Å². The SMILES string of the molecule is CC(C)(N)Cc1ncc(C2CCOCC2)[nH]1. The van der Waals surface area contributed by atoms with E-state index in [9.17, 15) is 0 Å². The van der Waals surface area contributed by atoms with Gasteiger partial charge in [-0.25, -0.2) is 4.98 Å². The molecule has 90 valence electrons. The van der Waals surface area contributed by atoms with Crippen LogP contribution in [0.5, 0.6) is 0 Å². The molecule has 0 atom stereocenters. The molecule has 1 aliphatic rings. The van der Waals surface area contributed by atoms with Crippen molar-refractivity contribution in [2.24, 2.45) is 5.73 Å². The average Bonchev–Trinajstić information content (AvgIpc) is 2.65. The van der Waals surface area contributed by atoms with Gasteiger partial charge >= 0.3 is 0 Å². The van der Waals surface area contributed by atoms with Gasteiger partial charge in [-0.2, -0.15) is 0 Å². The molecule has 4 nitrogen and oxygen atoms in total. The predicted octanol–water partition coefficient (Wildman–Crippen LogP) is 1.58. The summed E-state index contributed by atoms with van der Waals surface area (Å²) in [6.45, 7) is 5.76. The molecule has 1 aromatic heterocycles. The lowest BCUT2D eigenvalue weighted by molar-refractivity contribution is 0.0845. The number of aromatic amines is 1. The molecule has 0 bridgehead atoms. The lowest BCUT2D eigenvalue weighted by Gasteiger charge is -2.20. The summed E-state index contributed by atoms with van der Waals surface area (Å²) < 4.78 is 5.35. The van der Waals surface area contributed by atoms with Gasteiger partial charge in [0.2, 0.25) is 0 Å². The van der Waals surface area contributed by atoms with E-state index in [0.29, 0.717) is 5.92 Å². The van der Waals surface area contributed by atoms with E-state index in [-0.39, 0.29) is 5.54 Å². The van der Waals surface area contributed by atoms with E-state index in [1.54, 1.807) is 0 Å². The van der Waals surface area contributed by atoms with Crippen molar-refractivity contribution in [3.8, 4) is 0 Å². The van der Waals surface area contributed by atoms with E-state index in [4.69, 9.17) is 10.5 Å². The van der Waals surface area contributed by atoms with E-state index in [1.165, 1.54) is 5.69 Å². The number of imidazole rings is 1. The zero-order chi connectivity index (χ0) is 11.6. The number of hydrogen-bond donors (Lipinski definition) is 2. The maximum absolute atomic E-state index is 5.98. The normalized spacial score (nSPS) is 18.9. The lowest BCUT2D eigenvalue weighted by Crippen LogP contribution is -2.34. The molecule has 2 heterocycles. The number of nitrogens with two attached hydrogens (primary N) is 1. The fourth-order valence-electron chi connectivity index (χ4n) is 2.12. The van der Waals surface area contributed by atoms with Crippen molar-refractivity contribution in [3.63, 3.8) is 0 Å². The van der Waals surface area contributed by atoms with Crippen LogP contribution in [-0.4, -0.2) is 28.7 Å². The minimum absolute atomic E-state index is 0.204. The fourth-order valence-corrected chi connectivity index (χ4v) is 2.12. The van der Waals surface area contributed by atoms with Gasteiger partial charge in [-0.15, -0.1) is 0 Å². The van der Waals surface area contributed by atoms with E-state index >= 15 is 0 Å². The van der Waals surface area contributed by atoms with Crippen molar-refractivity contribution < 1.29 is 4.74 Å². The van der Waals surface area contributed by atoms with E-state index in [2.05, 4.69) is 9.97 Å². The van der Waals surface area contributed by atoms with Crippen LogP contribution in [0.1, 0.15) is 44.1 Å². The second-order valence-electron chi connectivity index (χ2n) is 5.34. The van der Waals surface area contributed by atoms with Gasteiger partial charge in [0.25, 0.3) is 0 Å². The Labute approximate surface area is 96.6 Å². The maximum atomic E-state index is 5.98. The van der Waals surface area contributed by atoms with Crippen LogP contribution in [0.3, 0.4) is 0 Å². The van der Waals surface area contributed by atoms with Gasteiger partial charge in [0.1, 0.15) is 5.82 Å². The van der Waals surface area contributed by atoms with Crippen molar-refractivity contribution in [3.05, 3.63) is 17.7 Å². The quantitative estimate of drug-likeness (QED) is 0.817. The Morgan fingerprint density at radius 2 is 2.19 bits per heavy atom. The van der Waals surface area contributed by atoms with Gasteiger partial charge in [-0.05, 0) is 26.7 Å². The van der Waals surface area contributed by atoms with Crippen LogP contribution < -0.4 is 5.73 Å². The van der Waals surface area contributed by atoms with Gasteiger partial charge in [0.05, 0.1) is 0 Å². The lowest BCUT2D eigenvalue weighted by atomic mass is 9.97. The standard InChI is InChI=1S/C12H21N3O/c1-12(2,13)7-11-14-8-10(15-11)9-3-5-16-6-4-9/h8-9H,3-7,13H2,1-2H3,(H,14,15). The zero-order valence-electron chi connectivity index (χ0n) is 10.1. The Kier molecular flexibility index (Phi) is 3.30. The minimum Gasteiger partial charge on any atom is -0.381 e. The van der Waals surface area contributed by atoms with Crippen molar-refractivity contribution >= 4 is 0 Å². The molecule has 3 N–H and O–H groups in total. The maximum Gasteiger partial charge on any atom is 0.108 e. The summed E-state index contributed by atoms with van der Waals surface area (Å²) in [5.41, 5.74) is 7.01. The fraction of sp³-hybridized carbons (Fsp3) is 0.750. The summed E-state index contributed by atoms with van der Waals surface area (Å²) in [6.07, 6.45) is 4.93. The van der Waals surface area contributed by atoms with E-state index in [0.717, 1.165) is 38.3 Å². The predicted molar refractivity (Wildman–Crippen MR) is 63.4 cm³/mol. The molecule has 0 spiro atoms. The average molecular weight is 223 g/mol. The van der Waals surface area contributed by atoms with Gasteiger partial charge in [0.15, 0.2) is 0 Å². The highest BCUT2D eigenvalue weighted by Crippen LogP contribution is 2.25. The summed E-state index contributed by atoms with van der Waals surface area (Å²) in [6, 6.07) is 0. The molecule has 0 unspecified atom stereocenters. The Balaban J connectivity index is 2.01. The van der Waals surface area contributed by atoms with Crippen LogP contribution in [0.25, 0.3) is 0 Å². The Morgan fingerprint density at radius 3 is 2.81 bits per heavy atom. The molecule has 16 heavy (non-hydrogen) atoms. The zero-order valence-corrected chi connectivity index (χ0v) is 10.1. The Morgan fingerprint density at radius 1 is 1.50 bits per heavy atom. The molecule has 0 aliphatic carbocycles. The number of ether oxygens (including phenoxy) is 1. The van der Waals surface area contributed by atoms with Gasteiger partial charge in [0, 0.05) is 43.0 Å². The molecule has 0 amide bonds. The molecule has 1 aliphatic heterocycles. The van der Waals surface area contributed by atoms with Crippen LogP contribution in [0.2, 0.25) is 0 Å². The summed E-state index contributed by atoms with van der Waals surface area (Å²) in [5, 5.41) is 0. The molecular weight excluding hydrogens is 202 g/mol. The van der Waals surface area contributed by atoms with E-state index in [1.807, 2.05) is 20.0 Å². The molecule has 0 aromatic carbocycles. The summed E-state index contributed by atoms with van der Waals surface area (Å²) in [4.78, 5) is 7.79. The van der Waals surface area contributed by atoms with Crippen LogP contribution in [0.15, 0.2) is 6.20 Å². The van der Waals surface area contributed by atoms with Crippen molar-refractivity contribution in [2.45, 2.75) is 44.6 Å². The molecule has 1 fully saturated rings. The van der Waals surface area contributed by atoms with E-state index < -0.39 is 0 Å². The first-order chi connectivity index (χ1) is 7.54. The van der Waals surface area contributed by atoms with Crippen LogP contribution in [0, 0.1) is 0 Å². The van der Waals surface area contributed by atoms with Crippen LogP contribution >= 0.6 is 0 Å². The summed E-state index contributed by atoms with van der Waals surface area (Å²) >= 11 is 0. The summed E-state index contributed by atoms with van der Waals surface area (Å²) in [7, 11) is 0. The Hall–Kier alpha value is -0.870. The van der Waals surface area contributed by atoms with Crippen molar-refractivity contribution in [1.29, 1.82) is 0 Å². The molecule has 1 aromatic rings. The van der Waals surface area contributed by atoms with Gasteiger partial charge < -0.3 is 15.5 Å². The smallest absolute Gasteiger partial charge is 0.108 e. The number of hydrogen-bond acceptors (Lipinski definition) is 3. The highest BCUT2D eigenvalue weighted by molar-refractivity contribution is 5.09.